The summed E-state index contributed by atoms with van der Waals surface area (Å²) >= 11 is 0. The van der Waals surface area contributed by atoms with E-state index in [0.29, 0.717) is 12.5 Å². The minimum atomic E-state index is -0.454. The van der Waals surface area contributed by atoms with Crippen LogP contribution < -0.4 is 0 Å². The summed E-state index contributed by atoms with van der Waals surface area (Å²) in [6.45, 7) is 10.5. The maximum atomic E-state index is 11.7. The standard InChI is InChI=1S/C16H32O3/c1-6-7-8-9-10-11-14(4)19-15(5)16(17)18-12-13(2)3/h13-15H,6-12H2,1-5H3. The maximum absolute atomic E-state index is 11.7. The van der Waals surface area contributed by atoms with E-state index in [9.17, 15) is 4.79 Å². The molecule has 0 aliphatic rings. The van der Waals surface area contributed by atoms with Crippen molar-refractivity contribution < 1.29 is 14.3 Å². The molecule has 0 saturated heterocycles. The van der Waals surface area contributed by atoms with Crippen LogP contribution in [-0.2, 0) is 14.3 Å². The Morgan fingerprint density at radius 2 is 1.63 bits per heavy atom. The Balaban J connectivity index is 3.67. The average Bonchev–Trinajstić information content (AvgIpc) is 2.35. The molecule has 0 spiro atoms. The van der Waals surface area contributed by atoms with E-state index in [0.717, 1.165) is 6.42 Å². The Morgan fingerprint density at radius 1 is 1.00 bits per heavy atom. The first-order chi connectivity index (χ1) is 8.97. The Morgan fingerprint density at radius 3 is 2.21 bits per heavy atom. The molecule has 0 aliphatic heterocycles. The molecule has 114 valence electrons. The highest BCUT2D eigenvalue weighted by molar-refractivity contribution is 5.74. The van der Waals surface area contributed by atoms with Crippen LogP contribution in [-0.4, -0.2) is 24.8 Å². The first-order valence-electron chi connectivity index (χ1n) is 7.79. The monoisotopic (exact) mass is 272 g/mol. The third kappa shape index (κ3) is 11.0. The predicted molar refractivity (Wildman–Crippen MR) is 79.2 cm³/mol. The molecule has 2 unspecified atom stereocenters. The molecule has 0 bridgehead atoms. The molecule has 0 N–H and O–H groups in total. The molecule has 3 nitrogen and oxygen atoms in total. The zero-order chi connectivity index (χ0) is 14.7. The first kappa shape index (κ1) is 18.4. The molecule has 0 fully saturated rings. The van der Waals surface area contributed by atoms with E-state index < -0.39 is 6.10 Å². The number of ether oxygens (including phenoxy) is 2. The van der Waals surface area contributed by atoms with Crippen molar-refractivity contribution >= 4 is 5.97 Å². The number of carbonyl (C=O) groups excluding carboxylic acids is 1. The third-order valence-corrected chi connectivity index (χ3v) is 3.04. The fourth-order valence-electron chi connectivity index (χ4n) is 1.87. The summed E-state index contributed by atoms with van der Waals surface area (Å²) in [7, 11) is 0. The topological polar surface area (TPSA) is 35.5 Å². The lowest BCUT2D eigenvalue weighted by Gasteiger charge is -2.18. The lowest BCUT2D eigenvalue weighted by molar-refractivity contribution is -0.160. The van der Waals surface area contributed by atoms with Crippen molar-refractivity contribution in [2.24, 2.45) is 5.92 Å². The van der Waals surface area contributed by atoms with Crippen LogP contribution >= 0.6 is 0 Å². The normalized spacial score (nSPS) is 14.4. The summed E-state index contributed by atoms with van der Waals surface area (Å²) in [4.78, 5) is 11.7. The fourth-order valence-corrected chi connectivity index (χ4v) is 1.87. The van der Waals surface area contributed by atoms with E-state index >= 15 is 0 Å². The highest BCUT2D eigenvalue weighted by Crippen LogP contribution is 2.11. The molecular weight excluding hydrogens is 240 g/mol. The van der Waals surface area contributed by atoms with Crippen molar-refractivity contribution in [1.82, 2.24) is 0 Å². The van der Waals surface area contributed by atoms with E-state index in [2.05, 4.69) is 6.92 Å². The molecule has 0 rings (SSSR count). The van der Waals surface area contributed by atoms with Gasteiger partial charge in [0.15, 0.2) is 6.10 Å². The van der Waals surface area contributed by atoms with Crippen molar-refractivity contribution in [1.29, 1.82) is 0 Å². The van der Waals surface area contributed by atoms with E-state index in [1.54, 1.807) is 6.92 Å². The Labute approximate surface area is 119 Å². The Kier molecular flexibility index (Phi) is 10.9. The zero-order valence-corrected chi connectivity index (χ0v) is 13.4. The quantitative estimate of drug-likeness (QED) is 0.414. The summed E-state index contributed by atoms with van der Waals surface area (Å²) < 4.78 is 10.8. The first-order valence-corrected chi connectivity index (χ1v) is 7.79. The summed E-state index contributed by atoms with van der Waals surface area (Å²) in [5, 5.41) is 0. The molecular formula is C16H32O3. The lowest BCUT2D eigenvalue weighted by atomic mass is 10.1. The Bertz CT molecular complexity index is 226. The van der Waals surface area contributed by atoms with Crippen molar-refractivity contribution in [2.75, 3.05) is 6.61 Å². The summed E-state index contributed by atoms with van der Waals surface area (Å²) in [5.74, 6) is 0.124. The van der Waals surface area contributed by atoms with Crippen LogP contribution in [0.2, 0.25) is 0 Å². The van der Waals surface area contributed by atoms with Crippen LogP contribution in [0.1, 0.15) is 73.1 Å². The van der Waals surface area contributed by atoms with Gasteiger partial charge in [-0.1, -0.05) is 52.9 Å². The van der Waals surface area contributed by atoms with Gasteiger partial charge in [-0.05, 0) is 26.2 Å². The zero-order valence-electron chi connectivity index (χ0n) is 13.4. The van der Waals surface area contributed by atoms with Gasteiger partial charge >= 0.3 is 5.97 Å². The molecule has 0 amide bonds. The van der Waals surface area contributed by atoms with Crippen LogP contribution in [0.4, 0.5) is 0 Å². The number of rotatable bonds is 11. The van der Waals surface area contributed by atoms with Crippen molar-refractivity contribution in [2.45, 2.75) is 85.4 Å². The molecule has 19 heavy (non-hydrogen) atoms. The molecule has 0 saturated carbocycles. The number of hydrogen-bond donors (Lipinski definition) is 0. The van der Waals surface area contributed by atoms with E-state index in [-0.39, 0.29) is 12.1 Å². The molecule has 0 aromatic heterocycles. The van der Waals surface area contributed by atoms with Gasteiger partial charge in [0.2, 0.25) is 0 Å². The molecule has 0 heterocycles. The van der Waals surface area contributed by atoms with Gasteiger partial charge in [0, 0.05) is 0 Å². The van der Waals surface area contributed by atoms with Gasteiger partial charge in [-0.25, -0.2) is 4.79 Å². The second-order valence-corrected chi connectivity index (χ2v) is 5.82. The number of esters is 1. The number of unbranched alkanes of at least 4 members (excludes halogenated alkanes) is 4. The molecule has 0 aliphatic carbocycles. The SMILES string of the molecule is CCCCCCCC(C)OC(C)C(=O)OCC(C)C. The number of hydrogen-bond acceptors (Lipinski definition) is 3. The molecule has 3 heteroatoms. The van der Waals surface area contributed by atoms with E-state index in [4.69, 9.17) is 9.47 Å². The molecule has 0 radical (unpaired) electrons. The van der Waals surface area contributed by atoms with Crippen LogP contribution in [0, 0.1) is 5.92 Å². The van der Waals surface area contributed by atoms with Gasteiger partial charge in [0.05, 0.1) is 12.7 Å². The highest BCUT2D eigenvalue weighted by Gasteiger charge is 2.18. The van der Waals surface area contributed by atoms with Gasteiger partial charge in [0.1, 0.15) is 0 Å². The summed E-state index contributed by atoms with van der Waals surface area (Å²) in [5.41, 5.74) is 0. The highest BCUT2D eigenvalue weighted by atomic mass is 16.6. The van der Waals surface area contributed by atoms with Gasteiger partial charge in [-0.3, -0.25) is 0 Å². The van der Waals surface area contributed by atoms with Crippen molar-refractivity contribution in [3.63, 3.8) is 0 Å². The second-order valence-electron chi connectivity index (χ2n) is 5.82. The minimum Gasteiger partial charge on any atom is -0.464 e. The molecule has 2 atom stereocenters. The van der Waals surface area contributed by atoms with Crippen LogP contribution in [0.3, 0.4) is 0 Å². The lowest BCUT2D eigenvalue weighted by Crippen LogP contribution is -2.28. The van der Waals surface area contributed by atoms with Crippen molar-refractivity contribution in [3.05, 3.63) is 0 Å². The third-order valence-electron chi connectivity index (χ3n) is 3.04. The molecule has 0 aromatic carbocycles. The minimum absolute atomic E-state index is 0.128. The molecule has 0 aromatic rings. The van der Waals surface area contributed by atoms with E-state index in [1.165, 1.54) is 32.1 Å². The smallest absolute Gasteiger partial charge is 0.334 e. The fraction of sp³-hybridized carbons (Fsp3) is 0.938. The van der Waals surface area contributed by atoms with Gasteiger partial charge in [0.25, 0.3) is 0 Å². The predicted octanol–water partition coefficient (Wildman–Crippen LogP) is 4.34. The van der Waals surface area contributed by atoms with Crippen LogP contribution in [0.5, 0.6) is 0 Å². The largest absolute Gasteiger partial charge is 0.464 e. The van der Waals surface area contributed by atoms with Gasteiger partial charge < -0.3 is 9.47 Å². The van der Waals surface area contributed by atoms with E-state index in [1.807, 2.05) is 20.8 Å². The average molecular weight is 272 g/mol. The van der Waals surface area contributed by atoms with Crippen molar-refractivity contribution in [3.8, 4) is 0 Å². The van der Waals surface area contributed by atoms with Crippen LogP contribution in [0.15, 0.2) is 0 Å². The maximum Gasteiger partial charge on any atom is 0.334 e. The van der Waals surface area contributed by atoms with Crippen LogP contribution in [0.25, 0.3) is 0 Å². The van der Waals surface area contributed by atoms with Gasteiger partial charge in [-0.2, -0.15) is 0 Å². The Hall–Kier alpha value is -0.570. The second kappa shape index (κ2) is 11.3. The summed E-state index contributed by atoms with van der Waals surface area (Å²) in [6.07, 6.45) is 7.01. The summed E-state index contributed by atoms with van der Waals surface area (Å²) in [6, 6.07) is 0. The number of carbonyl (C=O) groups is 1. The van der Waals surface area contributed by atoms with Gasteiger partial charge in [-0.15, -0.1) is 0 Å².